The number of hydrogen-bond donors (Lipinski definition) is 3. The Hall–Kier alpha value is -2.75. The molecule has 0 radical (unpaired) electrons. The van der Waals surface area contributed by atoms with Gasteiger partial charge in [-0.05, 0) is 23.3 Å². The molecule has 4 nitrogen and oxygen atoms in total. The van der Waals surface area contributed by atoms with E-state index in [2.05, 4.69) is 39.9 Å². The van der Waals surface area contributed by atoms with Gasteiger partial charge in [0.2, 0.25) is 0 Å². The van der Waals surface area contributed by atoms with Crippen molar-refractivity contribution in [2.75, 3.05) is 5.32 Å². The molecule has 2 aromatic carbocycles. The molecular formula is C17H16N4. The lowest BCUT2D eigenvalue weighted by Crippen LogP contribution is -2.38. The minimum atomic E-state index is 0.0358. The van der Waals surface area contributed by atoms with Gasteiger partial charge in [-0.2, -0.15) is 0 Å². The number of benzene rings is 2. The first-order chi connectivity index (χ1) is 10.3. The molecule has 0 saturated heterocycles. The van der Waals surface area contributed by atoms with Crippen molar-refractivity contribution in [1.82, 2.24) is 5.32 Å². The lowest BCUT2D eigenvalue weighted by molar-refractivity contribution is 0.798. The molecule has 0 saturated carbocycles. The molecule has 0 amide bonds. The summed E-state index contributed by atoms with van der Waals surface area (Å²) in [5, 5.41) is 6.59. The highest BCUT2D eigenvalue weighted by atomic mass is 15.2. The first-order valence-corrected chi connectivity index (χ1v) is 7.04. The number of nitrogens with one attached hydrogen (secondary N) is 2. The first kappa shape index (κ1) is 12.0. The average Bonchev–Trinajstić information content (AvgIpc) is 2.87. The van der Waals surface area contributed by atoms with Gasteiger partial charge in [-0.3, -0.25) is 0 Å². The van der Waals surface area contributed by atoms with Crippen LogP contribution in [-0.4, -0.2) is 5.96 Å². The maximum Gasteiger partial charge on any atom is 0.195 e. The third-order valence-corrected chi connectivity index (χ3v) is 3.95. The van der Waals surface area contributed by atoms with Crippen molar-refractivity contribution in [3.05, 3.63) is 77.1 Å². The number of nitrogens with two attached hydrogens (primary N) is 1. The fraction of sp³-hybridized carbons (Fsp3) is 0.118. The highest BCUT2D eigenvalue weighted by Gasteiger charge is 2.32. The molecule has 1 heterocycles. The van der Waals surface area contributed by atoms with Gasteiger partial charge in [0.15, 0.2) is 5.96 Å². The van der Waals surface area contributed by atoms with Gasteiger partial charge in [0.05, 0.1) is 0 Å². The third kappa shape index (κ3) is 2.05. The Labute approximate surface area is 123 Å². The number of fused-ring (bicyclic) bond motifs is 3. The van der Waals surface area contributed by atoms with E-state index in [1.54, 1.807) is 0 Å². The van der Waals surface area contributed by atoms with Crippen LogP contribution in [0, 0.1) is 0 Å². The number of para-hydroxylation sites is 1. The quantitative estimate of drug-likeness (QED) is 0.790. The monoisotopic (exact) mass is 276 g/mol. The summed E-state index contributed by atoms with van der Waals surface area (Å²) >= 11 is 0. The molecule has 4 N–H and O–H groups in total. The minimum Gasteiger partial charge on any atom is -0.370 e. The Balaban J connectivity index is 1.75. The predicted octanol–water partition coefficient (Wildman–Crippen LogP) is 2.53. The van der Waals surface area contributed by atoms with E-state index >= 15 is 0 Å². The molecule has 1 aliphatic heterocycles. The van der Waals surface area contributed by atoms with E-state index in [-0.39, 0.29) is 6.04 Å². The Morgan fingerprint density at radius 2 is 1.81 bits per heavy atom. The van der Waals surface area contributed by atoms with Crippen LogP contribution in [0.3, 0.4) is 0 Å². The van der Waals surface area contributed by atoms with Gasteiger partial charge in [-0.1, -0.05) is 42.5 Å². The maximum absolute atomic E-state index is 5.96. The molecule has 4 heteroatoms. The van der Waals surface area contributed by atoms with Crippen LogP contribution in [0.4, 0.5) is 5.69 Å². The van der Waals surface area contributed by atoms with Gasteiger partial charge in [-0.15, -0.1) is 0 Å². The summed E-state index contributed by atoms with van der Waals surface area (Å²) in [6, 6.07) is 18.5. The summed E-state index contributed by atoms with van der Waals surface area (Å²) < 4.78 is 0. The van der Waals surface area contributed by atoms with Gasteiger partial charge >= 0.3 is 0 Å². The van der Waals surface area contributed by atoms with Crippen LogP contribution < -0.4 is 16.4 Å². The van der Waals surface area contributed by atoms with Crippen LogP contribution >= 0.6 is 0 Å². The van der Waals surface area contributed by atoms with Crippen molar-refractivity contribution in [1.29, 1.82) is 0 Å². The lowest BCUT2D eigenvalue weighted by Gasteiger charge is -2.23. The fourth-order valence-corrected chi connectivity index (χ4v) is 2.98. The summed E-state index contributed by atoms with van der Waals surface area (Å²) in [6.07, 6.45) is 0.903. The number of guanidine groups is 1. The van der Waals surface area contributed by atoms with Gasteiger partial charge in [-0.25, -0.2) is 4.99 Å². The first-order valence-electron chi connectivity index (χ1n) is 7.04. The SMILES string of the molecule is NC1=NC2C(=C(Nc3ccccc3)N1)Cc1ccccc12. The van der Waals surface area contributed by atoms with Crippen LogP contribution in [-0.2, 0) is 6.42 Å². The largest absolute Gasteiger partial charge is 0.370 e. The van der Waals surface area contributed by atoms with Crippen molar-refractivity contribution in [3.8, 4) is 0 Å². The van der Waals surface area contributed by atoms with Crippen LogP contribution in [0.2, 0.25) is 0 Å². The van der Waals surface area contributed by atoms with E-state index < -0.39 is 0 Å². The second kappa shape index (κ2) is 4.66. The fourth-order valence-electron chi connectivity index (χ4n) is 2.98. The zero-order valence-corrected chi connectivity index (χ0v) is 11.5. The third-order valence-electron chi connectivity index (χ3n) is 3.95. The molecule has 1 aliphatic carbocycles. The zero-order valence-electron chi connectivity index (χ0n) is 11.5. The second-order valence-corrected chi connectivity index (χ2v) is 5.31. The summed E-state index contributed by atoms with van der Waals surface area (Å²) in [5.74, 6) is 1.41. The molecule has 0 bridgehead atoms. The highest BCUT2D eigenvalue weighted by Crippen LogP contribution is 2.40. The molecule has 2 aromatic rings. The van der Waals surface area contributed by atoms with Crippen molar-refractivity contribution < 1.29 is 0 Å². The van der Waals surface area contributed by atoms with Gasteiger partial charge < -0.3 is 16.4 Å². The molecule has 1 unspecified atom stereocenters. The van der Waals surface area contributed by atoms with Crippen LogP contribution in [0.5, 0.6) is 0 Å². The highest BCUT2D eigenvalue weighted by molar-refractivity contribution is 5.83. The van der Waals surface area contributed by atoms with Crippen molar-refractivity contribution in [2.45, 2.75) is 12.5 Å². The van der Waals surface area contributed by atoms with E-state index in [0.29, 0.717) is 5.96 Å². The Kier molecular flexibility index (Phi) is 2.67. The maximum atomic E-state index is 5.96. The zero-order chi connectivity index (χ0) is 14.2. The van der Waals surface area contributed by atoms with E-state index in [4.69, 9.17) is 5.73 Å². The molecular weight excluding hydrogens is 260 g/mol. The van der Waals surface area contributed by atoms with Crippen LogP contribution in [0.15, 0.2) is 71.0 Å². The standard InChI is InChI=1S/C17H16N4/c18-17-20-15-13-9-5-4-6-11(13)10-14(15)16(21-17)19-12-7-2-1-3-8-12/h1-9,15,19H,10H2,(H3,18,20,21). The molecule has 0 aromatic heterocycles. The molecule has 104 valence electrons. The van der Waals surface area contributed by atoms with Gasteiger partial charge in [0.1, 0.15) is 11.9 Å². The van der Waals surface area contributed by atoms with E-state index in [1.165, 1.54) is 16.7 Å². The number of hydrogen-bond acceptors (Lipinski definition) is 4. The summed E-state index contributed by atoms with van der Waals surface area (Å²) in [6.45, 7) is 0. The topological polar surface area (TPSA) is 62.4 Å². The molecule has 4 rings (SSSR count). The van der Waals surface area contributed by atoms with Crippen molar-refractivity contribution in [3.63, 3.8) is 0 Å². The van der Waals surface area contributed by atoms with Gasteiger partial charge in [0, 0.05) is 17.7 Å². The summed E-state index contributed by atoms with van der Waals surface area (Å²) in [5.41, 5.74) is 10.8. The summed E-state index contributed by atoms with van der Waals surface area (Å²) in [7, 11) is 0. The second-order valence-electron chi connectivity index (χ2n) is 5.31. The van der Waals surface area contributed by atoms with E-state index in [0.717, 1.165) is 17.9 Å². The Bertz CT molecular complexity index is 746. The van der Waals surface area contributed by atoms with Crippen molar-refractivity contribution >= 4 is 11.6 Å². The minimum absolute atomic E-state index is 0.0358. The average molecular weight is 276 g/mol. The number of rotatable bonds is 2. The van der Waals surface area contributed by atoms with E-state index in [1.807, 2.05) is 30.3 Å². The Morgan fingerprint density at radius 1 is 1.05 bits per heavy atom. The van der Waals surface area contributed by atoms with E-state index in [9.17, 15) is 0 Å². The normalized spacial score (nSPS) is 19.4. The van der Waals surface area contributed by atoms with Crippen LogP contribution in [0.1, 0.15) is 17.2 Å². The Morgan fingerprint density at radius 3 is 2.67 bits per heavy atom. The molecule has 21 heavy (non-hydrogen) atoms. The molecule has 2 aliphatic rings. The van der Waals surface area contributed by atoms with Crippen LogP contribution in [0.25, 0.3) is 0 Å². The predicted molar refractivity (Wildman–Crippen MR) is 84.7 cm³/mol. The van der Waals surface area contributed by atoms with Crippen molar-refractivity contribution in [2.24, 2.45) is 10.7 Å². The lowest BCUT2D eigenvalue weighted by atomic mass is 10.1. The number of aliphatic imine (C=N–C) groups is 1. The molecule has 1 atom stereocenters. The smallest absolute Gasteiger partial charge is 0.195 e. The van der Waals surface area contributed by atoms with Gasteiger partial charge in [0.25, 0.3) is 0 Å². The summed E-state index contributed by atoms with van der Waals surface area (Å²) in [4.78, 5) is 4.56. The number of anilines is 1. The molecule has 0 spiro atoms. The number of nitrogens with zero attached hydrogens (tertiary/aromatic N) is 1. The molecule has 0 fully saturated rings.